The molecule has 0 saturated heterocycles. The van der Waals surface area contributed by atoms with Gasteiger partial charge in [-0.15, -0.1) is 11.6 Å². The monoisotopic (exact) mass is 301 g/mol. The molecule has 1 N–H and O–H groups in total. The number of rotatable bonds is 5. The van der Waals surface area contributed by atoms with Gasteiger partial charge in [0.15, 0.2) is 0 Å². The third-order valence-corrected chi connectivity index (χ3v) is 5.72. The second-order valence-corrected chi connectivity index (χ2v) is 7.35. The Bertz CT molecular complexity index is 513. The minimum atomic E-state index is -3.39. The first-order valence-corrected chi connectivity index (χ1v) is 8.67. The van der Waals surface area contributed by atoms with Crippen molar-refractivity contribution in [3.05, 3.63) is 29.8 Å². The van der Waals surface area contributed by atoms with Crippen LogP contribution in [0.3, 0.4) is 0 Å². The third kappa shape index (κ3) is 3.71. The highest BCUT2D eigenvalue weighted by atomic mass is 35.5. The van der Waals surface area contributed by atoms with Crippen LogP contribution in [0.2, 0.25) is 0 Å². The number of halogens is 1. The van der Waals surface area contributed by atoms with Crippen LogP contribution in [0.5, 0.6) is 0 Å². The van der Waals surface area contributed by atoms with Gasteiger partial charge in [-0.3, -0.25) is 0 Å². The van der Waals surface area contributed by atoms with Crippen LogP contribution in [0.1, 0.15) is 24.8 Å². The molecule has 0 bridgehead atoms. The highest BCUT2D eigenvalue weighted by Crippen LogP contribution is 2.32. The van der Waals surface area contributed by atoms with Gasteiger partial charge in [-0.2, -0.15) is 0 Å². The van der Waals surface area contributed by atoms with E-state index in [1.165, 1.54) is 0 Å². The fraction of sp³-hybridized carbons (Fsp3) is 0.571. The SMILES string of the molecule is Cc1ccc(S(=O)(=O)NCC2CCCC2CCl)cc1. The van der Waals surface area contributed by atoms with Gasteiger partial charge in [0.2, 0.25) is 10.0 Å². The Morgan fingerprint density at radius 2 is 1.84 bits per heavy atom. The summed E-state index contributed by atoms with van der Waals surface area (Å²) in [5.41, 5.74) is 1.05. The van der Waals surface area contributed by atoms with E-state index in [1.807, 2.05) is 19.1 Å². The Kier molecular flexibility index (Phi) is 4.87. The lowest BCUT2D eigenvalue weighted by molar-refractivity contribution is 0.418. The van der Waals surface area contributed by atoms with E-state index in [4.69, 9.17) is 11.6 Å². The smallest absolute Gasteiger partial charge is 0.211 e. The summed E-state index contributed by atoms with van der Waals surface area (Å²) in [7, 11) is -3.39. The highest BCUT2D eigenvalue weighted by Gasteiger charge is 2.27. The summed E-state index contributed by atoms with van der Waals surface area (Å²) >= 11 is 5.91. The number of hydrogen-bond donors (Lipinski definition) is 1. The van der Waals surface area contributed by atoms with Crippen molar-refractivity contribution < 1.29 is 8.42 Å². The van der Waals surface area contributed by atoms with Crippen LogP contribution >= 0.6 is 11.6 Å². The van der Waals surface area contributed by atoms with Gasteiger partial charge in [-0.1, -0.05) is 24.1 Å². The molecular weight excluding hydrogens is 282 g/mol. The molecule has 1 aromatic carbocycles. The van der Waals surface area contributed by atoms with Crippen LogP contribution in [0.15, 0.2) is 29.2 Å². The van der Waals surface area contributed by atoms with E-state index in [9.17, 15) is 8.42 Å². The van der Waals surface area contributed by atoms with E-state index in [-0.39, 0.29) is 0 Å². The zero-order chi connectivity index (χ0) is 13.9. The first kappa shape index (κ1) is 14.8. The number of sulfonamides is 1. The fourth-order valence-corrected chi connectivity index (χ4v) is 4.10. The van der Waals surface area contributed by atoms with Crippen molar-refractivity contribution in [3.63, 3.8) is 0 Å². The first-order chi connectivity index (χ1) is 9.03. The zero-order valence-electron chi connectivity index (χ0n) is 11.1. The Balaban J connectivity index is 2.00. The molecule has 0 heterocycles. The molecule has 19 heavy (non-hydrogen) atoms. The summed E-state index contributed by atoms with van der Waals surface area (Å²) < 4.78 is 27.0. The molecule has 2 rings (SSSR count). The fourth-order valence-electron chi connectivity index (χ4n) is 2.60. The van der Waals surface area contributed by atoms with Crippen molar-refractivity contribution in [2.45, 2.75) is 31.1 Å². The topological polar surface area (TPSA) is 46.2 Å². The van der Waals surface area contributed by atoms with Crippen molar-refractivity contribution in [1.29, 1.82) is 0 Å². The van der Waals surface area contributed by atoms with Crippen LogP contribution in [-0.2, 0) is 10.0 Å². The molecule has 106 valence electrons. The van der Waals surface area contributed by atoms with Gasteiger partial charge in [0.1, 0.15) is 0 Å². The van der Waals surface area contributed by atoms with Gasteiger partial charge < -0.3 is 0 Å². The molecule has 0 amide bonds. The number of hydrogen-bond acceptors (Lipinski definition) is 2. The van der Waals surface area contributed by atoms with Crippen molar-refractivity contribution in [3.8, 4) is 0 Å². The van der Waals surface area contributed by atoms with E-state index in [1.54, 1.807) is 12.1 Å². The lowest BCUT2D eigenvalue weighted by atomic mass is 9.98. The molecule has 2 atom stereocenters. The van der Waals surface area contributed by atoms with Gasteiger partial charge in [0.25, 0.3) is 0 Å². The van der Waals surface area contributed by atoms with Crippen LogP contribution < -0.4 is 4.72 Å². The van der Waals surface area contributed by atoms with E-state index in [0.29, 0.717) is 29.2 Å². The molecular formula is C14H20ClNO2S. The Morgan fingerprint density at radius 3 is 2.47 bits per heavy atom. The number of aryl methyl sites for hydroxylation is 1. The Hall–Kier alpha value is -0.580. The van der Waals surface area contributed by atoms with E-state index >= 15 is 0 Å². The minimum absolute atomic E-state index is 0.332. The minimum Gasteiger partial charge on any atom is -0.211 e. The van der Waals surface area contributed by atoms with Crippen molar-refractivity contribution >= 4 is 21.6 Å². The zero-order valence-corrected chi connectivity index (χ0v) is 12.7. The molecule has 1 fully saturated rings. The molecule has 1 aliphatic carbocycles. The molecule has 0 aromatic heterocycles. The molecule has 1 saturated carbocycles. The standard InChI is InChI=1S/C14H20ClNO2S/c1-11-5-7-14(8-6-11)19(17,18)16-10-13-4-2-3-12(13)9-15/h5-8,12-13,16H,2-4,9-10H2,1H3. The summed E-state index contributed by atoms with van der Waals surface area (Å²) in [6.07, 6.45) is 3.32. The van der Waals surface area contributed by atoms with Gasteiger partial charge in [0.05, 0.1) is 4.90 Å². The van der Waals surface area contributed by atoms with Gasteiger partial charge in [-0.05, 0) is 43.7 Å². The molecule has 0 spiro atoms. The van der Waals surface area contributed by atoms with Crippen molar-refractivity contribution in [2.75, 3.05) is 12.4 Å². The van der Waals surface area contributed by atoms with Crippen LogP contribution in [0.25, 0.3) is 0 Å². The maximum atomic E-state index is 12.2. The molecule has 5 heteroatoms. The average Bonchev–Trinajstić information content (AvgIpc) is 2.84. The van der Waals surface area contributed by atoms with E-state index in [2.05, 4.69) is 4.72 Å². The average molecular weight is 302 g/mol. The van der Waals surface area contributed by atoms with Crippen LogP contribution in [0.4, 0.5) is 0 Å². The number of nitrogens with one attached hydrogen (secondary N) is 1. The lowest BCUT2D eigenvalue weighted by Gasteiger charge is -2.17. The van der Waals surface area contributed by atoms with Gasteiger partial charge in [-0.25, -0.2) is 13.1 Å². The molecule has 3 nitrogen and oxygen atoms in total. The normalized spacial score (nSPS) is 23.7. The number of benzene rings is 1. The molecule has 2 unspecified atom stereocenters. The largest absolute Gasteiger partial charge is 0.240 e. The first-order valence-electron chi connectivity index (χ1n) is 6.65. The Morgan fingerprint density at radius 1 is 1.21 bits per heavy atom. The molecule has 0 radical (unpaired) electrons. The summed E-state index contributed by atoms with van der Waals surface area (Å²) in [6, 6.07) is 6.91. The highest BCUT2D eigenvalue weighted by molar-refractivity contribution is 7.89. The maximum Gasteiger partial charge on any atom is 0.240 e. The second-order valence-electron chi connectivity index (χ2n) is 5.27. The van der Waals surface area contributed by atoms with Crippen molar-refractivity contribution in [1.82, 2.24) is 4.72 Å². The van der Waals surface area contributed by atoms with E-state index in [0.717, 1.165) is 24.8 Å². The van der Waals surface area contributed by atoms with Crippen LogP contribution in [0, 0.1) is 18.8 Å². The van der Waals surface area contributed by atoms with E-state index < -0.39 is 10.0 Å². The quantitative estimate of drug-likeness (QED) is 0.850. The van der Waals surface area contributed by atoms with Crippen LogP contribution in [-0.4, -0.2) is 20.8 Å². The second kappa shape index (κ2) is 6.25. The summed E-state index contributed by atoms with van der Waals surface area (Å²) in [4.78, 5) is 0.332. The maximum absolute atomic E-state index is 12.2. The summed E-state index contributed by atoms with van der Waals surface area (Å²) in [5, 5.41) is 0. The molecule has 1 aromatic rings. The predicted octanol–water partition coefficient (Wildman–Crippen LogP) is 2.93. The summed E-state index contributed by atoms with van der Waals surface area (Å²) in [5.74, 6) is 1.44. The van der Waals surface area contributed by atoms with Crippen molar-refractivity contribution in [2.24, 2.45) is 11.8 Å². The van der Waals surface area contributed by atoms with Gasteiger partial charge in [0, 0.05) is 12.4 Å². The lowest BCUT2D eigenvalue weighted by Crippen LogP contribution is -2.31. The Labute approximate surface area is 120 Å². The number of alkyl halides is 1. The predicted molar refractivity (Wildman–Crippen MR) is 77.9 cm³/mol. The molecule has 0 aliphatic heterocycles. The third-order valence-electron chi connectivity index (χ3n) is 3.88. The van der Waals surface area contributed by atoms with Gasteiger partial charge >= 0.3 is 0 Å². The molecule has 1 aliphatic rings. The summed E-state index contributed by atoms with van der Waals surface area (Å²) in [6.45, 7) is 2.43.